The van der Waals surface area contributed by atoms with Gasteiger partial charge >= 0.3 is 29.6 Å². The molecule has 3 aliphatic carbocycles. The molecule has 3 N–H and O–H groups in total. The molecule has 2 fully saturated rings. The maximum absolute atomic E-state index is 12.5. The number of carbonyl (C=O) groups excluding carboxylic acids is 2. The number of allylic oxidation sites excluding steroid dienone is 2. The number of halogens is 2. The van der Waals surface area contributed by atoms with E-state index in [2.05, 4.69) is 0 Å². The van der Waals surface area contributed by atoms with Gasteiger partial charge in [0.2, 0.25) is 6.29 Å². The van der Waals surface area contributed by atoms with E-state index >= 15 is 0 Å². The van der Waals surface area contributed by atoms with Crippen LogP contribution in [0.15, 0.2) is 17.2 Å². The third kappa shape index (κ3) is 3.47. The molecule has 11 heteroatoms. The van der Waals surface area contributed by atoms with E-state index in [1.807, 2.05) is 0 Å². The van der Waals surface area contributed by atoms with E-state index < -0.39 is 36.7 Å². The van der Waals surface area contributed by atoms with Gasteiger partial charge in [-0.3, -0.25) is 4.79 Å². The fourth-order valence-electron chi connectivity index (χ4n) is 5.47. The molecular weight excluding hydrogens is 474 g/mol. The molecule has 2 bridgehead atoms. The Bertz CT molecular complexity index is 1030. The first-order valence-corrected chi connectivity index (χ1v) is 10.7. The maximum atomic E-state index is 12.5. The number of hydrogen-bond acceptors (Lipinski definition) is 8. The Hall–Kier alpha value is -0.680. The van der Waals surface area contributed by atoms with Crippen molar-refractivity contribution in [2.45, 2.75) is 56.4 Å². The molecule has 1 aromatic rings. The summed E-state index contributed by atoms with van der Waals surface area (Å²) < 4.78 is 10.7. The molecule has 7 atom stereocenters. The zero-order valence-electron chi connectivity index (χ0n) is 17.1. The van der Waals surface area contributed by atoms with Crippen LogP contribution in [0.3, 0.4) is 0 Å². The average molecular weight is 493 g/mol. The topological polar surface area (TPSA) is 136 Å². The molecule has 166 valence electrons. The molecule has 1 saturated carbocycles. The minimum Gasteiger partial charge on any atom is -0.547 e. The van der Waals surface area contributed by atoms with Crippen molar-refractivity contribution < 1.29 is 69.0 Å². The molecule has 4 aliphatic rings. The zero-order chi connectivity index (χ0) is 22.2. The number of aliphatic carboxylic acids is 1. The minimum absolute atomic E-state index is 0. The summed E-state index contributed by atoms with van der Waals surface area (Å²) >= 11 is 13.1. The number of carboxylic acids is 1. The third-order valence-electron chi connectivity index (χ3n) is 6.98. The van der Waals surface area contributed by atoms with Gasteiger partial charge in [-0.2, -0.15) is 0 Å². The van der Waals surface area contributed by atoms with Crippen LogP contribution in [0, 0.1) is 11.3 Å². The molecule has 8 nitrogen and oxygen atoms in total. The van der Waals surface area contributed by atoms with Crippen LogP contribution in [0.25, 0.3) is 5.57 Å². The summed E-state index contributed by atoms with van der Waals surface area (Å²) in [7, 11) is 0. The van der Waals surface area contributed by atoms with Crippen LogP contribution in [-0.2, 0) is 20.7 Å². The number of ketones is 1. The van der Waals surface area contributed by atoms with Crippen molar-refractivity contribution in [2.24, 2.45) is 11.3 Å². The Kier molecular flexibility index (Phi) is 6.51. The van der Waals surface area contributed by atoms with Gasteiger partial charge in [-0.1, -0.05) is 29.3 Å². The first-order valence-electron chi connectivity index (χ1n) is 9.98. The predicted molar refractivity (Wildman–Crippen MR) is 105 cm³/mol. The normalized spacial score (nSPS) is 37.6. The number of benzene rings is 1. The van der Waals surface area contributed by atoms with Crippen molar-refractivity contribution in [1.82, 2.24) is 0 Å². The Morgan fingerprint density at radius 2 is 1.91 bits per heavy atom. The van der Waals surface area contributed by atoms with E-state index in [1.165, 1.54) is 6.07 Å². The SMILES string of the molecule is O=C1C(Cl)=C2c3ccc(O[C@@H]4O[C@H](C(=O)[O-])[C@@H](O)[C@H](O)[C@H]4O)c(Cl)c3C[C@@]23CC[C@@H]1C3.[Na+]. The zero-order valence-corrected chi connectivity index (χ0v) is 20.6. The van der Waals surface area contributed by atoms with Crippen LogP contribution in [-0.4, -0.2) is 57.8 Å². The van der Waals surface area contributed by atoms with Gasteiger partial charge in [-0.05, 0) is 48.4 Å². The Morgan fingerprint density at radius 3 is 2.59 bits per heavy atom. The van der Waals surface area contributed by atoms with E-state index in [9.17, 15) is 30.0 Å². The minimum atomic E-state index is -1.89. The Labute approximate surface area is 215 Å². The Morgan fingerprint density at radius 1 is 1.19 bits per heavy atom. The van der Waals surface area contributed by atoms with Crippen molar-refractivity contribution in [3.8, 4) is 5.75 Å². The monoisotopic (exact) mass is 492 g/mol. The summed E-state index contributed by atoms with van der Waals surface area (Å²) in [4.78, 5) is 23.7. The van der Waals surface area contributed by atoms with Crippen LogP contribution in [0.1, 0.15) is 30.4 Å². The summed E-state index contributed by atoms with van der Waals surface area (Å²) in [6.45, 7) is 0. The summed E-state index contributed by atoms with van der Waals surface area (Å²) in [5.41, 5.74) is 2.12. The summed E-state index contributed by atoms with van der Waals surface area (Å²) in [6, 6.07) is 3.25. The average Bonchev–Trinajstić information content (AvgIpc) is 3.28. The molecule has 1 heterocycles. The van der Waals surface area contributed by atoms with Crippen LogP contribution < -0.4 is 39.4 Å². The Balaban J connectivity index is 0.00000245. The first-order chi connectivity index (χ1) is 14.6. The van der Waals surface area contributed by atoms with Gasteiger partial charge in [-0.25, -0.2) is 0 Å². The number of hydrogen-bond donors (Lipinski definition) is 3. The number of ether oxygens (including phenoxy) is 2. The van der Waals surface area contributed by atoms with Crippen molar-refractivity contribution in [2.75, 3.05) is 0 Å². The molecular formula is C21H19Cl2NaO8. The van der Waals surface area contributed by atoms with Crippen molar-refractivity contribution in [3.63, 3.8) is 0 Å². The fourth-order valence-corrected chi connectivity index (χ4v) is 6.20. The second-order valence-corrected chi connectivity index (χ2v) is 9.44. The van der Waals surface area contributed by atoms with E-state index in [1.54, 1.807) is 6.07 Å². The van der Waals surface area contributed by atoms with Crippen molar-refractivity contribution >= 4 is 40.5 Å². The van der Waals surface area contributed by atoms with Gasteiger partial charge in [0.05, 0.1) is 16.0 Å². The number of carbonyl (C=O) groups is 2. The molecule has 0 aromatic heterocycles. The van der Waals surface area contributed by atoms with Crippen LogP contribution in [0.5, 0.6) is 5.75 Å². The largest absolute Gasteiger partial charge is 1.00 e. The van der Waals surface area contributed by atoms with E-state index in [4.69, 9.17) is 32.7 Å². The molecule has 0 radical (unpaired) electrons. The van der Waals surface area contributed by atoms with E-state index in [0.717, 1.165) is 36.0 Å². The quantitative estimate of drug-likeness (QED) is 0.383. The summed E-state index contributed by atoms with van der Waals surface area (Å²) in [5.74, 6) is -1.75. The number of aliphatic hydroxyl groups is 3. The van der Waals surface area contributed by atoms with Crippen molar-refractivity contribution in [1.29, 1.82) is 0 Å². The van der Waals surface area contributed by atoms with Gasteiger partial charge in [0, 0.05) is 11.3 Å². The van der Waals surface area contributed by atoms with Gasteiger partial charge in [-0.15, -0.1) is 0 Å². The van der Waals surface area contributed by atoms with E-state index in [-0.39, 0.29) is 62.5 Å². The molecule has 32 heavy (non-hydrogen) atoms. The van der Waals surface area contributed by atoms with Gasteiger partial charge in [0.1, 0.15) is 30.2 Å². The maximum Gasteiger partial charge on any atom is 1.00 e. The number of rotatable bonds is 3. The predicted octanol–water partition coefficient (Wildman–Crippen LogP) is -2.84. The number of aliphatic hydroxyl groups excluding tert-OH is 3. The number of fused-ring (bicyclic) bond motifs is 3. The smallest absolute Gasteiger partial charge is 0.547 e. The molecule has 1 spiro atoms. The van der Waals surface area contributed by atoms with Gasteiger partial charge in [0.25, 0.3) is 0 Å². The third-order valence-corrected chi connectivity index (χ3v) is 7.77. The van der Waals surface area contributed by atoms with Gasteiger partial charge < -0.3 is 34.7 Å². The number of carboxylic acid groups (broad SMARTS) is 1. The first kappa shape index (κ1) is 24.4. The second-order valence-electron chi connectivity index (χ2n) is 8.69. The summed E-state index contributed by atoms with van der Waals surface area (Å²) in [6.07, 6.45) is -5.98. The van der Waals surface area contributed by atoms with Crippen LogP contribution >= 0.6 is 23.2 Å². The molecule has 1 aliphatic heterocycles. The standard InChI is InChI=1S/C21H20Cl2O8.Na/c22-12-9-6-21-4-3-7(5-21)14(24)13(23)11(21)8(9)1-2-10(12)30-20-17(27)15(25)16(26)18(31-20)19(28)29;/h1-2,7,15-18,20,25-27H,3-6H2,(H,28,29);/q;+1/p-1/t7-,15+,16+,17-,18+,20-,21+;/m1./s1. The molecule has 0 amide bonds. The van der Waals surface area contributed by atoms with E-state index in [0.29, 0.717) is 6.42 Å². The van der Waals surface area contributed by atoms with Crippen LogP contribution in [0.4, 0.5) is 0 Å². The molecule has 0 unspecified atom stereocenters. The van der Waals surface area contributed by atoms with Crippen LogP contribution in [0.2, 0.25) is 5.02 Å². The van der Waals surface area contributed by atoms with Crippen molar-refractivity contribution in [3.05, 3.63) is 33.3 Å². The molecule has 5 rings (SSSR count). The second kappa shape index (κ2) is 8.52. The number of Topliss-reactive ketones (excluding diaryl/α,β-unsaturated/α-hetero) is 1. The fraction of sp³-hybridized carbons (Fsp3) is 0.524. The molecule has 1 aromatic carbocycles. The van der Waals surface area contributed by atoms with Gasteiger partial charge in [0.15, 0.2) is 5.78 Å². The molecule has 1 saturated heterocycles. The summed E-state index contributed by atoms with van der Waals surface area (Å²) in [5, 5.41) is 41.6.